The maximum absolute atomic E-state index is 6.67. The Bertz CT molecular complexity index is 490. The molecule has 5 unspecified atom stereocenters. The molecule has 1 aliphatic heterocycles. The van der Waals surface area contributed by atoms with Gasteiger partial charge in [0, 0.05) is 23.5 Å². The SMILES string of the molecule is CC[C@@H](C)NC1=C(C2CC=C(C)N2)C(NSC)C(N)C(C)C1NC. The zero-order chi connectivity index (χ0) is 17.9. The second kappa shape index (κ2) is 8.61. The van der Waals surface area contributed by atoms with Crippen LogP contribution >= 0.6 is 11.9 Å². The average Bonchev–Trinajstić information content (AvgIpc) is 2.98. The lowest BCUT2D eigenvalue weighted by Gasteiger charge is -2.45. The molecule has 0 spiro atoms. The van der Waals surface area contributed by atoms with Crippen LogP contribution in [0.3, 0.4) is 0 Å². The number of rotatable bonds is 7. The fourth-order valence-corrected chi connectivity index (χ4v) is 4.39. The molecule has 0 saturated heterocycles. The first-order valence-electron chi connectivity index (χ1n) is 9.09. The van der Waals surface area contributed by atoms with E-state index < -0.39 is 0 Å². The van der Waals surface area contributed by atoms with Crippen LogP contribution in [0.2, 0.25) is 0 Å². The van der Waals surface area contributed by atoms with Gasteiger partial charge in [0.15, 0.2) is 0 Å². The van der Waals surface area contributed by atoms with Gasteiger partial charge in [-0.25, -0.2) is 0 Å². The summed E-state index contributed by atoms with van der Waals surface area (Å²) in [5.74, 6) is 0.352. The Morgan fingerprint density at radius 3 is 2.62 bits per heavy atom. The van der Waals surface area contributed by atoms with E-state index in [1.54, 1.807) is 11.9 Å². The van der Waals surface area contributed by atoms with E-state index >= 15 is 0 Å². The number of nitrogens with two attached hydrogens (primary N) is 1. The molecule has 0 aromatic carbocycles. The maximum Gasteiger partial charge on any atom is 0.0576 e. The molecule has 2 aliphatic rings. The van der Waals surface area contributed by atoms with Gasteiger partial charge >= 0.3 is 0 Å². The Kier molecular flexibility index (Phi) is 7.04. The number of nitrogens with one attached hydrogen (secondary N) is 4. The molecule has 24 heavy (non-hydrogen) atoms. The molecular formula is C18H35N5S. The Balaban J connectivity index is 2.48. The van der Waals surface area contributed by atoms with Crippen LogP contribution in [0.1, 0.15) is 40.5 Å². The molecule has 0 aromatic rings. The van der Waals surface area contributed by atoms with Gasteiger partial charge in [-0.15, -0.1) is 0 Å². The first-order valence-corrected chi connectivity index (χ1v) is 10.3. The van der Waals surface area contributed by atoms with Crippen molar-refractivity contribution in [1.82, 2.24) is 20.7 Å². The van der Waals surface area contributed by atoms with Gasteiger partial charge in [-0.3, -0.25) is 4.72 Å². The largest absolute Gasteiger partial charge is 0.385 e. The van der Waals surface area contributed by atoms with Crippen LogP contribution in [0.5, 0.6) is 0 Å². The topological polar surface area (TPSA) is 74.1 Å². The smallest absolute Gasteiger partial charge is 0.0576 e. The van der Waals surface area contributed by atoms with Crippen LogP contribution in [-0.4, -0.2) is 43.5 Å². The quantitative estimate of drug-likeness (QED) is 0.449. The van der Waals surface area contributed by atoms with Crippen molar-refractivity contribution in [3.8, 4) is 0 Å². The van der Waals surface area contributed by atoms with E-state index in [9.17, 15) is 0 Å². The monoisotopic (exact) mass is 353 g/mol. The highest BCUT2D eigenvalue weighted by atomic mass is 32.2. The highest BCUT2D eigenvalue weighted by Gasteiger charge is 2.43. The molecule has 0 aromatic heterocycles. The van der Waals surface area contributed by atoms with Crippen molar-refractivity contribution in [3.63, 3.8) is 0 Å². The first-order chi connectivity index (χ1) is 11.4. The predicted molar refractivity (Wildman–Crippen MR) is 106 cm³/mol. The zero-order valence-corrected chi connectivity index (χ0v) is 16.8. The van der Waals surface area contributed by atoms with Crippen molar-refractivity contribution in [1.29, 1.82) is 0 Å². The lowest BCUT2D eigenvalue weighted by molar-refractivity contribution is 0.286. The Morgan fingerprint density at radius 2 is 2.12 bits per heavy atom. The van der Waals surface area contributed by atoms with Crippen molar-refractivity contribution < 1.29 is 0 Å². The van der Waals surface area contributed by atoms with Crippen molar-refractivity contribution in [2.75, 3.05) is 13.3 Å². The first kappa shape index (κ1) is 19.6. The highest BCUT2D eigenvalue weighted by Crippen LogP contribution is 2.34. The van der Waals surface area contributed by atoms with Gasteiger partial charge in [0.05, 0.1) is 18.1 Å². The molecule has 0 saturated carbocycles. The zero-order valence-electron chi connectivity index (χ0n) is 15.9. The highest BCUT2D eigenvalue weighted by molar-refractivity contribution is 7.96. The molecule has 6 atom stereocenters. The third-order valence-electron chi connectivity index (χ3n) is 5.48. The van der Waals surface area contributed by atoms with Gasteiger partial charge < -0.3 is 21.7 Å². The fourth-order valence-electron chi connectivity index (χ4n) is 3.86. The minimum Gasteiger partial charge on any atom is -0.385 e. The standard InChI is InChI=1S/C18H35N5S/c1-7-10(2)22-18-14(13-9-8-11(3)21-13)17(23-24-6)15(19)12(4)16(18)20-5/h8,10,12-13,15-17,20-23H,7,9,19H2,1-6H3/t10-,12?,13?,15?,16?,17?/m1/s1. The van der Waals surface area contributed by atoms with E-state index in [4.69, 9.17) is 5.73 Å². The summed E-state index contributed by atoms with van der Waals surface area (Å²) < 4.78 is 3.58. The summed E-state index contributed by atoms with van der Waals surface area (Å²) >= 11 is 1.66. The molecule has 0 amide bonds. The summed E-state index contributed by atoms with van der Waals surface area (Å²) in [5, 5.41) is 11.0. The third kappa shape index (κ3) is 3.93. The van der Waals surface area contributed by atoms with Gasteiger partial charge in [0.2, 0.25) is 0 Å². The van der Waals surface area contributed by atoms with Crippen LogP contribution in [0, 0.1) is 5.92 Å². The summed E-state index contributed by atoms with van der Waals surface area (Å²) in [5.41, 5.74) is 10.6. The molecule has 1 heterocycles. The molecule has 138 valence electrons. The lowest BCUT2D eigenvalue weighted by atomic mass is 9.74. The molecule has 6 heteroatoms. The number of hydrogen-bond donors (Lipinski definition) is 5. The fraction of sp³-hybridized carbons (Fsp3) is 0.778. The lowest BCUT2D eigenvalue weighted by Crippen LogP contribution is -2.62. The molecule has 5 nitrogen and oxygen atoms in total. The minimum atomic E-state index is 0.0788. The van der Waals surface area contributed by atoms with E-state index in [0.29, 0.717) is 18.0 Å². The molecular weight excluding hydrogens is 318 g/mol. The van der Waals surface area contributed by atoms with E-state index in [-0.39, 0.29) is 18.1 Å². The molecule has 0 radical (unpaired) electrons. The van der Waals surface area contributed by atoms with Crippen LogP contribution in [0.15, 0.2) is 23.0 Å². The molecule has 2 rings (SSSR count). The minimum absolute atomic E-state index is 0.0788. The summed E-state index contributed by atoms with van der Waals surface area (Å²) in [4.78, 5) is 0. The molecule has 0 fully saturated rings. The maximum atomic E-state index is 6.67. The number of hydrogen-bond acceptors (Lipinski definition) is 6. The third-order valence-corrected chi connectivity index (χ3v) is 5.97. The second-order valence-corrected chi connectivity index (χ2v) is 7.79. The van der Waals surface area contributed by atoms with Gasteiger partial charge in [0.25, 0.3) is 0 Å². The van der Waals surface area contributed by atoms with Crippen LogP contribution in [0.25, 0.3) is 0 Å². The van der Waals surface area contributed by atoms with E-state index in [0.717, 1.165) is 12.8 Å². The van der Waals surface area contributed by atoms with Crippen molar-refractivity contribution in [2.45, 2.75) is 70.7 Å². The van der Waals surface area contributed by atoms with E-state index in [2.05, 4.69) is 60.7 Å². The summed E-state index contributed by atoms with van der Waals surface area (Å²) in [6.45, 7) is 8.86. The Morgan fingerprint density at radius 1 is 1.42 bits per heavy atom. The summed E-state index contributed by atoms with van der Waals surface area (Å²) in [6.07, 6.45) is 6.49. The van der Waals surface area contributed by atoms with Gasteiger partial charge in [0.1, 0.15) is 0 Å². The number of allylic oxidation sites excluding steroid dienone is 1. The van der Waals surface area contributed by atoms with Crippen LogP contribution < -0.4 is 26.4 Å². The normalized spacial score (nSPS) is 34.8. The van der Waals surface area contributed by atoms with E-state index in [1.165, 1.54) is 17.0 Å². The van der Waals surface area contributed by atoms with Crippen LogP contribution in [0.4, 0.5) is 0 Å². The van der Waals surface area contributed by atoms with E-state index in [1.807, 2.05) is 7.05 Å². The average molecular weight is 354 g/mol. The molecule has 6 N–H and O–H groups in total. The van der Waals surface area contributed by atoms with Gasteiger partial charge in [-0.1, -0.05) is 31.9 Å². The second-order valence-electron chi connectivity index (χ2n) is 7.14. The molecule has 0 bridgehead atoms. The van der Waals surface area contributed by atoms with Crippen molar-refractivity contribution in [2.24, 2.45) is 11.7 Å². The number of likely N-dealkylation sites (N-methyl/N-ethyl adjacent to an activating group) is 1. The van der Waals surface area contributed by atoms with Gasteiger partial charge in [-0.2, -0.15) is 0 Å². The Labute approximate surface area is 151 Å². The summed E-state index contributed by atoms with van der Waals surface area (Å²) in [7, 11) is 2.04. The Hall–Kier alpha value is -0.690. The van der Waals surface area contributed by atoms with Crippen molar-refractivity contribution >= 4 is 11.9 Å². The summed E-state index contributed by atoms with van der Waals surface area (Å²) in [6, 6.07) is 1.26. The van der Waals surface area contributed by atoms with Gasteiger partial charge in [-0.05, 0) is 51.5 Å². The predicted octanol–water partition coefficient (Wildman–Crippen LogP) is 1.70. The van der Waals surface area contributed by atoms with Crippen LogP contribution in [-0.2, 0) is 0 Å². The molecule has 1 aliphatic carbocycles. The van der Waals surface area contributed by atoms with Crippen molar-refractivity contribution in [3.05, 3.63) is 23.0 Å².